The summed E-state index contributed by atoms with van der Waals surface area (Å²) in [5, 5.41) is 27.5. The Kier molecular flexibility index (Phi) is 12.4. The molecule has 0 aliphatic carbocycles. The van der Waals surface area contributed by atoms with E-state index in [2.05, 4.69) is 26.3 Å². The summed E-state index contributed by atoms with van der Waals surface area (Å²) in [7, 11) is -3.81. The molecule has 4 atom stereocenters. The number of hydrogen-bond acceptors (Lipinski definition) is 12. The molecular formula is C47H48N8O8S2. The number of nitrogens with zero attached hydrogens (tertiary/aromatic N) is 5. The SMILES string of the molecule is Cc1ccc(S(=O)(=O)N2CC[C@@H]3[C@H](CO)Nc4ccc(-c5cccc(NC(=O)CCCc6cn(CCCSc7cccc8c7C(=O)N(C7CCC(=O)NC7=O)C8=O)nn6)c5)cc4[C@@H]32)cc1. The molecule has 4 aromatic carbocycles. The van der Waals surface area contributed by atoms with Crippen molar-refractivity contribution < 1.29 is 37.5 Å². The predicted octanol–water partition coefficient (Wildman–Crippen LogP) is 5.34. The van der Waals surface area contributed by atoms with E-state index in [0.717, 1.165) is 38.5 Å². The number of imide groups is 2. The number of hydrogen-bond donors (Lipinski definition) is 4. The van der Waals surface area contributed by atoms with Gasteiger partial charge in [-0.3, -0.25) is 38.9 Å². The first-order valence-corrected chi connectivity index (χ1v) is 24.2. The van der Waals surface area contributed by atoms with Crippen molar-refractivity contribution in [3.63, 3.8) is 0 Å². The number of aliphatic hydroxyl groups is 1. The Bertz CT molecular complexity index is 2810. The average Bonchev–Trinajstić information content (AvgIpc) is 4.02. The van der Waals surface area contributed by atoms with Crippen LogP contribution in [0.5, 0.6) is 0 Å². The van der Waals surface area contributed by atoms with Crippen molar-refractivity contribution in [2.24, 2.45) is 5.92 Å². The Morgan fingerprint density at radius 3 is 2.54 bits per heavy atom. The molecule has 2 fully saturated rings. The van der Waals surface area contributed by atoms with E-state index in [0.29, 0.717) is 55.1 Å². The van der Waals surface area contributed by atoms with Gasteiger partial charge < -0.3 is 15.7 Å². The Labute approximate surface area is 380 Å². The van der Waals surface area contributed by atoms with Gasteiger partial charge in [0.25, 0.3) is 11.8 Å². The van der Waals surface area contributed by atoms with Gasteiger partial charge in [0.05, 0.1) is 40.4 Å². The second kappa shape index (κ2) is 18.3. The van der Waals surface area contributed by atoms with E-state index in [1.165, 1.54) is 11.8 Å². The van der Waals surface area contributed by atoms with Crippen molar-refractivity contribution >= 4 is 62.7 Å². The first-order valence-electron chi connectivity index (χ1n) is 21.8. The summed E-state index contributed by atoms with van der Waals surface area (Å²) in [4.78, 5) is 65.7. The summed E-state index contributed by atoms with van der Waals surface area (Å²) in [6, 6.07) is 23.7. The lowest BCUT2D eigenvalue weighted by molar-refractivity contribution is -0.136. The Balaban J connectivity index is 0.770. The molecule has 4 aliphatic heterocycles. The number of anilines is 2. The molecule has 0 spiro atoms. The smallest absolute Gasteiger partial charge is 0.263 e. The summed E-state index contributed by atoms with van der Waals surface area (Å²) in [5.74, 6) is -1.76. The van der Waals surface area contributed by atoms with E-state index in [1.807, 2.05) is 55.6 Å². The minimum Gasteiger partial charge on any atom is -0.394 e. The molecule has 65 heavy (non-hydrogen) atoms. The topological polar surface area (TPSA) is 213 Å². The highest BCUT2D eigenvalue weighted by molar-refractivity contribution is 7.99. The van der Waals surface area contributed by atoms with Crippen LogP contribution in [0.2, 0.25) is 0 Å². The van der Waals surface area contributed by atoms with Gasteiger partial charge >= 0.3 is 0 Å². The highest BCUT2D eigenvalue weighted by Crippen LogP contribution is 2.49. The van der Waals surface area contributed by atoms with Gasteiger partial charge in [-0.1, -0.05) is 47.2 Å². The summed E-state index contributed by atoms with van der Waals surface area (Å²) >= 11 is 1.44. The van der Waals surface area contributed by atoms with Crippen LogP contribution in [0.4, 0.5) is 11.4 Å². The summed E-state index contributed by atoms with van der Waals surface area (Å²) in [5.41, 5.74) is 6.27. The van der Waals surface area contributed by atoms with Crippen LogP contribution in [-0.4, -0.2) is 98.2 Å². The number of nitrogens with one attached hydrogen (secondary N) is 3. The number of thioether (sulfide) groups is 1. The van der Waals surface area contributed by atoms with Crippen molar-refractivity contribution in [1.82, 2.24) is 29.5 Å². The zero-order valence-corrected chi connectivity index (χ0v) is 37.2. The van der Waals surface area contributed by atoms with Crippen molar-refractivity contribution in [2.45, 2.75) is 86.3 Å². The van der Waals surface area contributed by atoms with Gasteiger partial charge in [-0.15, -0.1) is 16.9 Å². The van der Waals surface area contributed by atoms with Crippen molar-refractivity contribution in [3.8, 4) is 11.1 Å². The molecule has 18 heteroatoms. The number of amides is 5. The minimum atomic E-state index is -3.81. The predicted molar refractivity (Wildman–Crippen MR) is 242 cm³/mol. The number of carbonyl (C=O) groups is 5. The fourth-order valence-corrected chi connectivity index (χ4v) is 12.0. The molecular weight excluding hydrogens is 869 g/mol. The lowest BCUT2D eigenvalue weighted by Gasteiger charge is -2.39. The zero-order valence-electron chi connectivity index (χ0n) is 35.6. The molecule has 5 amide bonds. The Morgan fingerprint density at radius 1 is 0.938 bits per heavy atom. The molecule has 0 saturated carbocycles. The third-order valence-corrected chi connectivity index (χ3v) is 15.6. The number of fused-ring (bicyclic) bond motifs is 4. The molecule has 0 bridgehead atoms. The lowest BCUT2D eigenvalue weighted by Crippen LogP contribution is -2.54. The third kappa shape index (κ3) is 8.82. The molecule has 4 aliphatic rings. The van der Waals surface area contributed by atoms with Gasteiger partial charge in [0.1, 0.15) is 6.04 Å². The maximum absolute atomic E-state index is 14.0. The van der Waals surface area contributed by atoms with Crippen molar-refractivity contribution in [1.29, 1.82) is 0 Å². The molecule has 2 saturated heterocycles. The van der Waals surface area contributed by atoms with Gasteiger partial charge in [-0.25, -0.2) is 8.42 Å². The van der Waals surface area contributed by atoms with Crippen LogP contribution in [0.25, 0.3) is 11.1 Å². The monoisotopic (exact) mass is 916 g/mol. The quantitative estimate of drug-likeness (QED) is 0.0596. The third-order valence-electron chi connectivity index (χ3n) is 12.6. The number of benzene rings is 4. The van der Waals surface area contributed by atoms with E-state index in [-0.39, 0.29) is 59.8 Å². The number of carbonyl (C=O) groups excluding carboxylic acids is 5. The molecule has 5 aromatic rings. The minimum absolute atomic E-state index is 0.0580. The number of rotatable bonds is 15. The highest BCUT2D eigenvalue weighted by atomic mass is 32.2. The van der Waals surface area contributed by atoms with Crippen LogP contribution in [0.1, 0.15) is 82.1 Å². The molecule has 336 valence electrons. The molecule has 5 heterocycles. The molecule has 0 radical (unpaired) electrons. The van der Waals surface area contributed by atoms with E-state index >= 15 is 0 Å². The van der Waals surface area contributed by atoms with Gasteiger partial charge in [-0.2, -0.15) is 4.31 Å². The molecule has 9 rings (SSSR count). The zero-order chi connectivity index (χ0) is 45.4. The summed E-state index contributed by atoms with van der Waals surface area (Å²) < 4.78 is 31.4. The molecule has 1 unspecified atom stereocenters. The standard InChI is InChI=1S/C47H48N8O8S2/c1-28-12-15-33(16-13-28)65(62,63)54-22-20-34-38(27-56)49-37-17-14-30(25-36(37)44(34)54)29-6-2-7-31(24-29)48-41(57)11-3-8-32-26-53(52-51-32)21-5-23-64-40-10-4-9-35-43(40)47(61)55(46(35)60)39-18-19-42(58)50-45(39)59/h2,4,6-7,9-10,12-17,24-26,34,38-39,44,49,56H,3,5,8,11,18-23,27H2,1H3,(H,48,57)(H,50,58,59)/t34-,38+,39?,44-/m1/s1. The lowest BCUT2D eigenvalue weighted by atomic mass is 9.82. The van der Waals surface area contributed by atoms with Crippen LogP contribution in [0.15, 0.2) is 101 Å². The first kappa shape index (κ1) is 44.0. The number of aliphatic hydroxyl groups excluding tert-OH is 1. The van der Waals surface area contributed by atoms with Gasteiger partial charge in [-0.05, 0) is 110 Å². The Morgan fingerprint density at radius 2 is 1.74 bits per heavy atom. The molecule has 1 aromatic heterocycles. The van der Waals surface area contributed by atoms with E-state index in [1.54, 1.807) is 51.5 Å². The van der Waals surface area contributed by atoms with E-state index in [9.17, 15) is 37.5 Å². The number of piperidine rings is 1. The van der Waals surface area contributed by atoms with Crippen LogP contribution in [-0.2, 0) is 37.4 Å². The second-order valence-electron chi connectivity index (χ2n) is 16.8. The van der Waals surface area contributed by atoms with Gasteiger partial charge in [0.2, 0.25) is 27.7 Å². The Hall–Kier alpha value is -6.21. The average molecular weight is 917 g/mol. The maximum atomic E-state index is 14.0. The normalized spacial score (nSPS) is 20.6. The number of aromatic nitrogens is 3. The summed E-state index contributed by atoms with van der Waals surface area (Å²) in [6.07, 6.45) is 4.69. The van der Waals surface area contributed by atoms with Crippen LogP contribution >= 0.6 is 11.8 Å². The van der Waals surface area contributed by atoms with Crippen molar-refractivity contribution in [3.05, 3.63) is 119 Å². The van der Waals surface area contributed by atoms with Crippen molar-refractivity contribution in [2.75, 3.05) is 29.5 Å². The van der Waals surface area contributed by atoms with Gasteiger partial charge in [0.15, 0.2) is 0 Å². The maximum Gasteiger partial charge on any atom is 0.263 e. The fourth-order valence-electron chi connectivity index (χ4n) is 9.32. The van der Waals surface area contributed by atoms with Gasteiger partial charge in [0, 0.05) is 54.3 Å². The van der Waals surface area contributed by atoms with Crippen LogP contribution < -0.4 is 16.0 Å². The summed E-state index contributed by atoms with van der Waals surface area (Å²) in [6.45, 7) is 2.72. The van der Waals surface area contributed by atoms with Crippen LogP contribution in [0, 0.1) is 12.8 Å². The number of aryl methyl sites for hydroxylation is 3. The largest absolute Gasteiger partial charge is 0.394 e. The molecule has 16 nitrogen and oxygen atoms in total. The van der Waals surface area contributed by atoms with E-state index in [4.69, 9.17) is 0 Å². The second-order valence-corrected chi connectivity index (χ2v) is 19.9. The first-order chi connectivity index (χ1) is 31.4. The van der Waals surface area contributed by atoms with E-state index < -0.39 is 45.7 Å². The molecule has 4 N–H and O–H groups in total. The number of sulfonamides is 1. The highest BCUT2D eigenvalue weighted by Gasteiger charge is 2.49. The van der Waals surface area contributed by atoms with Crippen LogP contribution in [0.3, 0.4) is 0 Å². The fraction of sp³-hybridized carbons (Fsp3) is 0.340.